The van der Waals surface area contributed by atoms with Gasteiger partial charge in [-0.15, -0.1) is 0 Å². The summed E-state index contributed by atoms with van der Waals surface area (Å²) in [5.41, 5.74) is 0.987. The SMILES string of the molecule is CCNC(=NCCCN1CCCC1=O)NCCC(=O)N1CCN(c2ccc(F)cc2)CC1. The summed E-state index contributed by atoms with van der Waals surface area (Å²) in [5, 5.41) is 6.43. The topological polar surface area (TPSA) is 80.3 Å². The third-order valence-corrected chi connectivity index (χ3v) is 5.83. The van der Waals surface area contributed by atoms with Crippen LogP contribution in [-0.4, -0.2) is 86.5 Å². The number of rotatable bonds is 9. The second-order valence-corrected chi connectivity index (χ2v) is 8.12. The molecule has 2 amide bonds. The number of guanidine groups is 1. The van der Waals surface area contributed by atoms with Crippen LogP contribution in [0.2, 0.25) is 0 Å². The van der Waals surface area contributed by atoms with Crippen molar-refractivity contribution in [3.63, 3.8) is 0 Å². The number of carbonyl (C=O) groups is 2. The quantitative estimate of drug-likeness (QED) is 0.341. The number of amides is 2. The molecule has 0 saturated carbocycles. The molecule has 0 spiro atoms. The molecule has 8 nitrogen and oxygen atoms in total. The minimum Gasteiger partial charge on any atom is -0.368 e. The lowest BCUT2D eigenvalue weighted by Crippen LogP contribution is -2.49. The first-order chi connectivity index (χ1) is 15.6. The normalized spacial score (nSPS) is 17.1. The third kappa shape index (κ3) is 7.10. The monoisotopic (exact) mass is 446 g/mol. The number of anilines is 1. The van der Waals surface area contributed by atoms with Gasteiger partial charge in [0.05, 0.1) is 0 Å². The van der Waals surface area contributed by atoms with E-state index < -0.39 is 0 Å². The zero-order chi connectivity index (χ0) is 22.8. The number of nitrogens with one attached hydrogen (secondary N) is 2. The summed E-state index contributed by atoms with van der Waals surface area (Å²) in [6, 6.07) is 6.49. The summed E-state index contributed by atoms with van der Waals surface area (Å²) in [4.78, 5) is 34.8. The lowest BCUT2D eigenvalue weighted by molar-refractivity contribution is -0.131. The zero-order valence-electron chi connectivity index (χ0n) is 19.0. The number of piperazine rings is 1. The molecule has 2 N–H and O–H groups in total. The van der Waals surface area contributed by atoms with Gasteiger partial charge in [-0.1, -0.05) is 0 Å². The Morgan fingerprint density at radius 1 is 1.09 bits per heavy atom. The predicted molar refractivity (Wildman–Crippen MR) is 124 cm³/mol. The van der Waals surface area contributed by atoms with E-state index in [4.69, 9.17) is 0 Å². The van der Waals surface area contributed by atoms with Gasteiger partial charge in [0.2, 0.25) is 11.8 Å². The Morgan fingerprint density at radius 2 is 1.84 bits per heavy atom. The molecule has 2 saturated heterocycles. The summed E-state index contributed by atoms with van der Waals surface area (Å²) in [7, 11) is 0. The van der Waals surface area contributed by atoms with E-state index in [1.807, 2.05) is 16.7 Å². The van der Waals surface area contributed by atoms with Crippen LogP contribution in [0, 0.1) is 5.82 Å². The summed E-state index contributed by atoms with van der Waals surface area (Å²) in [5.74, 6) is 0.835. The second kappa shape index (κ2) is 12.3. The molecule has 0 radical (unpaired) electrons. The molecule has 0 aromatic heterocycles. The molecule has 1 aromatic rings. The Balaban J connectivity index is 1.34. The van der Waals surface area contributed by atoms with Gasteiger partial charge < -0.3 is 25.3 Å². The van der Waals surface area contributed by atoms with Gasteiger partial charge in [0, 0.05) is 77.4 Å². The Kier molecular flexibility index (Phi) is 9.13. The van der Waals surface area contributed by atoms with Crippen molar-refractivity contribution in [3.05, 3.63) is 30.1 Å². The summed E-state index contributed by atoms with van der Waals surface area (Å²) in [6.07, 6.45) is 2.87. The molecule has 9 heteroatoms. The van der Waals surface area contributed by atoms with Crippen LogP contribution in [0.4, 0.5) is 10.1 Å². The Hall–Kier alpha value is -2.84. The van der Waals surface area contributed by atoms with Crippen molar-refractivity contribution in [1.82, 2.24) is 20.4 Å². The van der Waals surface area contributed by atoms with Gasteiger partial charge in [-0.25, -0.2) is 4.39 Å². The predicted octanol–water partition coefficient (Wildman–Crippen LogP) is 1.43. The summed E-state index contributed by atoms with van der Waals surface area (Å²) in [6.45, 7) is 8.35. The lowest BCUT2D eigenvalue weighted by atomic mass is 10.2. The van der Waals surface area contributed by atoms with E-state index in [-0.39, 0.29) is 17.6 Å². The van der Waals surface area contributed by atoms with Crippen LogP contribution in [0.3, 0.4) is 0 Å². The lowest BCUT2D eigenvalue weighted by Gasteiger charge is -2.36. The fraction of sp³-hybridized carbons (Fsp3) is 0.609. The molecule has 2 heterocycles. The molecule has 2 aliphatic heterocycles. The first-order valence-electron chi connectivity index (χ1n) is 11.6. The smallest absolute Gasteiger partial charge is 0.224 e. The van der Waals surface area contributed by atoms with Gasteiger partial charge in [0.25, 0.3) is 0 Å². The fourth-order valence-electron chi connectivity index (χ4n) is 4.05. The highest BCUT2D eigenvalue weighted by Gasteiger charge is 2.21. The van der Waals surface area contributed by atoms with Crippen LogP contribution in [0.15, 0.2) is 29.3 Å². The molecule has 2 fully saturated rings. The molecule has 32 heavy (non-hydrogen) atoms. The number of hydrogen-bond acceptors (Lipinski definition) is 4. The minimum atomic E-state index is -0.239. The molecule has 1 aromatic carbocycles. The highest BCUT2D eigenvalue weighted by Crippen LogP contribution is 2.17. The minimum absolute atomic E-state index is 0.125. The number of halogens is 1. The molecule has 0 aliphatic carbocycles. The van der Waals surface area contributed by atoms with Crippen molar-refractivity contribution in [3.8, 4) is 0 Å². The Labute approximate surface area is 189 Å². The molecule has 2 aliphatic rings. The maximum Gasteiger partial charge on any atom is 0.224 e. The van der Waals surface area contributed by atoms with Gasteiger partial charge in [-0.05, 0) is 44.0 Å². The molecule has 0 bridgehead atoms. The molecular weight excluding hydrogens is 411 g/mol. The average Bonchev–Trinajstić information content (AvgIpc) is 3.21. The maximum absolute atomic E-state index is 13.1. The van der Waals surface area contributed by atoms with Crippen molar-refractivity contribution < 1.29 is 14.0 Å². The molecule has 0 unspecified atom stereocenters. The number of carbonyl (C=O) groups excluding carboxylic acids is 2. The highest BCUT2D eigenvalue weighted by molar-refractivity contribution is 5.81. The molecule has 176 valence electrons. The van der Waals surface area contributed by atoms with Crippen LogP contribution in [0.5, 0.6) is 0 Å². The van der Waals surface area contributed by atoms with Crippen molar-refractivity contribution in [2.24, 2.45) is 4.99 Å². The van der Waals surface area contributed by atoms with E-state index >= 15 is 0 Å². The van der Waals surface area contributed by atoms with Crippen LogP contribution >= 0.6 is 0 Å². The van der Waals surface area contributed by atoms with Crippen LogP contribution in [0.1, 0.15) is 32.6 Å². The first-order valence-corrected chi connectivity index (χ1v) is 11.6. The van der Waals surface area contributed by atoms with Crippen molar-refractivity contribution >= 4 is 23.5 Å². The molecule has 3 rings (SSSR count). The highest BCUT2D eigenvalue weighted by atomic mass is 19.1. The van der Waals surface area contributed by atoms with E-state index in [0.717, 1.165) is 51.3 Å². The van der Waals surface area contributed by atoms with Gasteiger partial charge in [0.15, 0.2) is 5.96 Å². The van der Waals surface area contributed by atoms with Crippen LogP contribution in [-0.2, 0) is 9.59 Å². The van der Waals surface area contributed by atoms with Gasteiger partial charge >= 0.3 is 0 Å². The summed E-state index contributed by atoms with van der Waals surface area (Å²) >= 11 is 0. The zero-order valence-corrected chi connectivity index (χ0v) is 19.0. The van der Waals surface area contributed by atoms with E-state index in [1.54, 1.807) is 12.1 Å². The van der Waals surface area contributed by atoms with Gasteiger partial charge in [-0.2, -0.15) is 0 Å². The number of likely N-dealkylation sites (tertiary alicyclic amines) is 1. The first kappa shape index (κ1) is 23.8. The largest absolute Gasteiger partial charge is 0.368 e. The van der Waals surface area contributed by atoms with Crippen LogP contribution < -0.4 is 15.5 Å². The van der Waals surface area contributed by atoms with Crippen molar-refractivity contribution in [2.45, 2.75) is 32.6 Å². The Morgan fingerprint density at radius 3 is 2.50 bits per heavy atom. The van der Waals surface area contributed by atoms with E-state index in [9.17, 15) is 14.0 Å². The van der Waals surface area contributed by atoms with Gasteiger partial charge in [-0.3, -0.25) is 14.6 Å². The number of hydrogen-bond donors (Lipinski definition) is 2. The van der Waals surface area contributed by atoms with Crippen molar-refractivity contribution in [2.75, 3.05) is 63.8 Å². The summed E-state index contributed by atoms with van der Waals surface area (Å²) < 4.78 is 13.1. The van der Waals surface area contributed by atoms with E-state index in [2.05, 4.69) is 20.5 Å². The van der Waals surface area contributed by atoms with E-state index in [1.165, 1.54) is 12.1 Å². The molecular formula is C23H35FN6O2. The standard InChI is InChI=1S/C23H35FN6O2/c1-2-25-23(26-11-4-14-29-13-3-5-21(29)31)27-12-10-22(32)30-17-15-28(16-18-30)20-8-6-19(24)7-9-20/h6-9H,2-5,10-18H2,1H3,(H2,25,26,27). The van der Waals surface area contributed by atoms with E-state index in [0.29, 0.717) is 45.0 Å². The van der Waals surface area contributed by atoms with Crippen LogP contribution in [0.25, 0.3) is 0 Å². The van der Waals surface area contributed by atoms with Crippen molar-refractivity contribution in [1.29, 1.82) is 0 Å². The molecule has 0 atom stereocenters. The second-order valence-electron chi connectivity index (χ2n) is 8.12. The number of aliphatic imine (C=N–C) groups is 1. The Bertz CT molecular complexity index is 777. The number of nitrogens with zero attached hydrogens (tertiary/aromatic N) is 4. The third-order valence-electron chi connectivity index (χ3n) is 5.83. The maximum atomic E-state index is 13.1. The fourth-order valence-corrected chi connectivity index (χ4v) is 4.05. The van der Waals surface area contributed by atoms with Gasteiger partial charge in [0.1, 0.15) is 5.82 Å². The number of benzene rings is 1. The average molecular weight is 447 g/mol.